The van der Waals surface area contributed by atoms with Gasteiger partial charge in [0.2, 0.25) is 0 Å². The van der Waals surface area contributed by atoms with Gasteiger partial charge < -0.3 is 26.0 Å². The molecule has 1 aliphatic heterocycles. The Kier molecular flexibility index (Phi) is 8.23. The number of pyridine rings is 1. The van der Waals surface area contributed by atoms with Crippen molar-refractivity contribution in [3.63, 3.8) is 0 Å². The van der Waals surface area contributed by atoms with Crippen LogP contribution in [0.15, 0.2) is 30.3 Å². The van der Waals surface area contributed by atoms with Crippen LogP contribution in [0.3, 0.4) is 0 Å². The highest BCUT2D eigenvalue weighted by Crippen LogP contribution is 2.33. The van der Waals surface area contributed by atoms with Crippen molar-refractivity contribution in [2.45, 2.75) is 44.4 Å². The van der Waals surface area contributed by atoms with Gasteiger partial charge in [0.1, 0.15) is 23.8 Å². The lowest BCUT2D eigenvalue weighted by Crippen LogP contribution is -2.40. The van der Waals surface area contributed by atoms with Crippen LogP contribution in [0.1, 0.15) is 19.4 Å². The van der Waals surface area contributed by atoms with Crippen LogP contribution in [-0.2, 0) is 16.1 Å². The smallest absolute Gasteiger partial charge is 0.427 e. The first kappa shape index (κ1) is 27.1. The fraction of sp³-hybridized carbons (Fsp3) is 0.471. The monoisotopic (exact) mass is 491 g/mol. The molecule has 4 N–H and O–H groups in total. The minimum Gasteiger partial charge on any atom is -0.484 e. The van der Waals surface area contributed by atoms with Crippen LogP contribution < -0.4 is 16.4 Å². The Morgan fingerprint density at radius 1 is 1.34 bits per heavy atom. The lowest BCUT2D eigenvalue weighted by atomic mass is 10.1. The summed E-state index contributed by atoms with van der Waals surface area (Å²) in [6, 6.07) is -0.203. The minimum atomic E-state index is -4.71. The summed E-state index contributed by atoms with van der Waals surface area (Å²) in [6.07, 6.45) is -7.61. The average Bonchev–Trinajstić information content (AvgIpc) is 3.00. The summed E-state index contributed by atoms with van der Waals surface area (Å²) in [6.45, 7) is 0.710. The number of rotatable bonds is 6. The quantitative estimate of drug-likeness (QED) is 0.322. The van der Waals surface area contributed by atoms with E-state index in [-0.39, 0.29) is 24.8 Å². The van der Waals surface area contributed by atoms with E-state index < -0.39 is 48.2 Å². The van der Waals surface area contributed by atoms with E-state index in [1.165, 1.54) is 18.3 Å². The van der Waals surface area contributed by atoms with Gasteiger partial charge in [-0.15, -0.1) is 12.4 Å². The molecule has 0 aromatic carbocycles. The maximum Gasteiger partial charge on any atom is 0.427 e. The number of urea groups is 1. The van der Waals surface area contributed by atoms with Crippen LogP contribution in [0.2, 0.25) is 0 Å². The number of aromatic nitrogens is 1. The molecule has 1 fully saturated rings. The van der Waals surface area contributed by atoms with E-state index in [0.29, 0.717) is 11.8 Å². The number of amides is 3. The number of halogens is 7. The number of hydrogen-bond acceptors (Lipinski definition) is 5. The van der Waals surface area contributed by atoms with Crippen molar-refractivity contribution in [3.8, 4) is 0 Å². The topological polar surface area (TPSA) is 110 Å². The molecule has 0 radical (unpaired) electrons. The predicted molar refractivity (Wildman–Crippen MR) is 102 cm³/mol. The molecule has 0 spiro atoms. The normalized spacial score (nSPS) is 17.5. The number of nitrogens with zero attached hydrogens (tertiary/aromatic N) is 2. The zero-order valence-electron chi connectivity index (χ0n) is 16.7. The molecule has 1 aromatic rings. The van der Waals surface area contributed by atoms with E-state index in [4.69, 9.17) is 5.73 Å². The summed E-state index contributed by atoms with van der Waals surface area (Å²) in [7, 11) is 0. The first-order valence-electron chi connectivity index (χ1n) is 8.69. The van der Waals surface area contributed by atoms with E-state index in [2.05, 4.69) is 15.0 Å². The number of alkyl halides is 6. The molecule has 8 nitrogen and oxygen atoms in total. The van der Waals surface area contributed by atoms with E-state index in [0.717, 1.165) is 18.7 Å². The van der Waals surface area contributed by atoms with Gasteiger partial charge in [-0.05, 0) is 31.5 Å². The third kappa shape index (κ3) is 6.80. The van der Waals surface area contributed by atoms with Gasteiger partial charge in [-0.1, -0.05) is 0 Å². The Balaban J connectivity index is 0.00000512. The summed E-state index contributed by atoms with van der Waals surface area (Å²) in [5, 5.41) is 4.04. The molecule has 0 bridgehead atoms. The summed E-state index contributed by atoms with van der Waals surface area (Å²) < 4.78 is 81.0. The largest absolute Gasteiger partial charge is 0.484 e. The molecule has 180 valence electrons. The maximum atomic E-state index is 12.8. The van der Waals surface area contributed by atoms with Crippen molar-refractivity contribution in [2.75, 3.05) is 11.9 Å². The Hall–Kier alpha value is -2.90. The minimum absolute atomic E-state index is 0. The van der Waals surface area contributed by atoms with Gasteiger partial charge >= 0.3 is 18.4 Å². The Morgan fingerprint density at radius 2 is 1.97 bits per heavy atom. The van der Waals surface area contributed by atoms with Crippen molar-refractivity contribution < 1.29 is 40.7 Å². The molecule has 1 aromatic heterocycles. The number of nitrogens with one attached hydrogen (secondary N) is 2. The van der Waals surface area contributed by atoms with Crippen LogP contribution in [0, 0.1) is 0 Å². The second-order valence-corrected chi connectivity index (χ2v) is 7.13. The zero-order valence-corrected chi connectivity index (χ0v) is 17.5. The highest BCUT2D eigenvalue weighted by molar-refractivity contribution is 6.02. The van der Waals surface area contributed by atoms with Gasteiger partial charge in [-0.3, -0.25) is 4.79 Å². The second-order valence-electron chi connectivity index (χ2n) is 7.13. The van der Waals surface area contributed by atoms with Crippen molar-refractivity contribution in [1.29, 1.82) is 0 Å². The first-order chi connectivity index (χ1) is 14.1. The Bertz CT molecular complexity index is 875. The molecule has 2 rings (SSSR count). The summed E-state index contributed by atoms with van der Waals surface area (Å²) in [4.78, 5) is 28.5. The number of hydrogen-bond donors (Lipinski definition) is 3. The van der Waals surface area contributed by atoms with Gasteiger partial charge in [0.15, 0.2) is 5.60 Å². The third-order valence-corrected chi connectivity index (χ3v) is 4.25. The molecule has 15 heteroatoms. The molecule has 1 saturated heterocycles. The van der Waals surface area contributed by atoms with Crippen molar-refractivity contribution in [2.24, 2.45) is 5.73 Å². The average molecular weight is 492 g/mol. The predicted octanol–water partition coefficient (Wildman–Crippen LogP) is 3.06. The third-order valence-electron chi connectivity index (χ3n) is 4.25. The number of ether oxygens (including phenoxy) is 1. The molecular formula is C17H20ClF6N5O3. The van der Waals surface area contributed by atoms with Crippen molar-refractivity contribution in [3.05, 3.63) is 35.9 Å². The number of nitrogens with two attached hydrogens (primary N) is 1. The van der Waals surface area contributed by atoms with Gasteiger partial charge in [-0.2, -0.15) is 26.3 Å². The van der Waals surface area contributed by atoms with E-state index in [9.17, 15) is 35.9 Å². The molecule has 0 unspecified atom stereocenters. The number of carbonyl (C=O) groups is 2. The van der Waals surface area contributed by atoms with Crippen molar-refractivity contribution >= 4 is 30.2 Å². The van der Waals surface area contributed by atoms with Crippen LogP contribution >= 0.6 is 12.4 Å². The highest BCUT2D eigenvalue weighted by atomic mass is 35.5. The Labute approximate surface area is 184 Å². The fourth-order valence-electron chi connectivity index (χ4n) is 2.29. The van der Waals surface area contributed by atoms with Gasteiger partial charge in [0.25, 0.3) is 5.91 Å². The maximum absolute atomic E-state index is 12.8. The molecule has 1 atom stereocenters. The van der Waals surface area contributed by atoms with Gasteiger partial charge in [0, 0.05) is 12.7 Å². The van der Waals surface area contributed by atoms with Gasteiger partial charge in [-0.25, -0.2) is 9.78 Å². The van der Waals surface area contributed by atoms with Gasteiger partial charge in [0.05, 0.1) is 6.54 Å². The summed E-state index contributed by atoms with van der Waals surface area (Å²) >= 11 is 0. The number of carbonyl (C=O) groups excluding carboxylic acids is 2. The molecule has 0 saturated carbocycles. The van der Waals surface area contributed by atoms with Crippen LogP contribution in [-0.4, -0.2) is 52.4 Å². The summed E-state index contributed by atoms with van der Waals surface area (Å²) in [5.74, 6) is -1.10. The molecule has 0 aliphatic carbocycles. The van der Waals surface area contributed by atoms with E-state index in [1.807, 2.05) is 5.32 Å². The lowest BCUT2D eigenvalue weighted by molar-refractivity contribution is -0.247. The molecule has 32 heavy (non-hydrogen) atoms. The lowest BCUT2D eigenvalue weighted by Gasteiger charge is -2.27. The summed E-state index contributed by atoms with van der Waals surface area (Å²) in [5.41, 5.74) is 2.52. The van der Waals surface area contributed by atoms with Crippen LogP contribution in [0.5, 0.6) is 0 Å². The van der Waals surface area contributed by atoms with Crippen LogP contribution in [0.4, 0.5) is 37.0 Å². The van der Waals surface area contributed by atoms with Crippen molar-refractivity contribution in [1.82, 2.24) is 15.2 Å². The standard InChI is InChI=1S/C17H19F6N5O3.ClH/c1-15(2,17(21,22)23)31-8-10(24)13(29)27-12-5-9(3-4-25-12)6-28-7-11(16(18,19)20)26-14(28)30;/h3-5,8,11H,6-7,24H2,1-2H3,(H,26,30)(H,25,27,29);1H/t11-;/m0./s1. The molecule has 1 aliphatic rings. The zero-order chi connectivity index (χ0) is 23.6. The number of anilines is 1. The second kappa shape index (κ2) is 9.71. The molecule has 3 amide bonds. The van der Waals surface area contributed by atoms with Crippen LogP contribution in [0.25, 0.3) is 0 Å². The molecule has 2 heterocycles. The van der Waals surface area contributed by atoms with E-state index in [1.54, 1.807) is 0 Å². The van der Waals surface area contributed by atoms with E-state index >= 15 is 0 Å². The SMILES string of the molecule is CC(C)(OC=C(N)C(=O)Nc1cc(CN2C[C@@H](C(F)(F)F)NC2=O)ccn1)C(F)(F)F.Cl. The highest BCUT2D eigenvalue weighted by Gasteiger charge is 2.49. The first-order valence-corrected chi connectivity index (χ1v) is 8.69. The molecular weight excluding hydrogens is 472 g/mol. The fourth-order valence-corrected chi connectivity index (χ4v) is 2.29. The Morgan fingerprint density at radius 3 is 2.50 bits per heavy atom.